The normalized spacial score (nSPS) is 11.5. The molecule has 0 radical (unpaired) electrons. The second kappa shape index (κ2) is 5.59. The van der Waals surface area contributed by atoms with Crippen molar-refractivity contribution in [1.82, 2.24) is 9.78 Å². The lowest BCUT2D eigenvalue weighted by Crippen LogP contribution is -2.16. The molecule has 1 heterocycles. The molecule has 0 unspecified atom stereocenters. The van der Waals surface area contributed by atoms with E-state index in [9.17, 15) is 18.0 Å². The molecule has 0 saturated heterocycles. The topological polar surface area (TPSA) is 46.9 Å². The maximum atomic E-state index is 12.9. The first kappa shape index (κ1) is 15.1. The van der Waals surface area contributed by atoms with Crippen LogP contribution in [0.25, 0.3) is 0 Å². The quantitative estimate of drug-likeness (QED) is 0.942. The smallest absolute Gasteiger partial charge is 0.321 e. The van der Waals surface area contributed by atoms with Gasteiger partial charge in [-0.25, -0.2) is 0 Å². The van der Waals surface area contributed by atoms with Crippen molar-refractivity contribution in [3.63, 3.8) is 0 Å². The number of para-hydroxylation sites is 1. The number of alkyl halides is 3. The van der Waals surface area contributed by atoms with E-state index in [-0.39, 0.29) is 11.3 Å². The SMILES string of the molecule is CCn1cc(C(=O)Nc2ccccc2C(F)(F)F)c(C)n1. The van der Waals surface area contributed by atoms with Crippen LogP contribution >= 0.6 is 0 Å². The Labute approximate surface area is 119 Å². The van der Waals surface area contributed by atoms with Crippen LogP contribution in [0.15, 0.2) is 30.5 Å². The minimum atomic E-state index is -4.52. The van der Waals surface area contributed by atoms with Crippen molar-refractivity contribution in [2.45, 2.75) is 26.6 Å². The largest absolute Gasteiger partial charge is 0.418 e. The Morgan fingerprint density at radius 1 is 1.33 bits per heavy atom. The summed E-state index contributed by atoms with van der Waals surface area (Å²) in [4.78, 5) is 12.1. The van der Waals surface area contributed by atoms with Gasteiger partial charge in [-0.15, -0.1) is 0 Å². The number of hydrogen-bond acceptors (Lipinski definition) is 2. The van der Waals surface area contributed by atoms with Crippen molar-refractivity contribution < 1.29 is 18.0 Å². The van der Waals surface area contributed by atoms with Gasteiger partial charge in [0.05, 0.1) is 22.5 Å². The third-order valence-corrected chi connectivity index (χ3v) is 3.00. The first-order valence-corrected chi connectivity index (χ1v) is 6.34. The van der Waals surface area contributed by atoms with Crippen LogP contribution in [0, 0.1) is 6.92 Å². The molecule has 0 saturated carbocycles. The Hall–Kier alpha value is -2.31. The van der Waals surface area contributed by atoms with E-state index in [1.165, 1.54) is 24.4 Å². The fourth-order valence-electron chi connectivity index (χ4n) is 1.93. The molecule has 1 aromatic carbocycles. The zero-order chi connectivity index (χ0) is 15.6. The van der Waals surface area contributed by atoms with E-state index in [1.54, 1.807) is 11.6 Å². The fourth-order valence-corrected chi connectivity index (χ4v) is 1.93. The predicted molar refractivity (Wildman–Crippen MR) is 72.0 cm³/mol. The predicted octanol–water partition coefficient (Wildman–Crippen LogP) is 3.48. The van der Waals surface area contributed by atoms with Crippen molar-refractivity contribution in [3.05, 3.63) is 47.3 Å². The summed E-state index contributed by atoms with van der Waals surface area (Å²) in [7, 11) is 0. The number of amides is 1. The lowest BCUT2D eigenvalue weighted by molar-refractivity contribution is -0.136. The highest BCUT2D eigenvalue weighted by molar-refractivity contribution is 6.05. The van der Waals surface area contributed by atoms with Crippen LogP contribution in [0.5, 0.6) is 0 Å². The maximum absolute atomic E-state index is 12.9. The molecule has 1 amide bonds. The third kappa shape index (κ3) is 3.24. The molecule has 7 heteroatoms. The molecule has 1 N–H and O–H groups in total. The first-order chi connectivity index (χ1) is 9.82. The van der Waals surface area contributed by atoms with Crippen LogP contribution in [0.4, 0.5) is 18.9 Å². The Morgan fingerprint density at radius 3 is 2.57 bits per heavy atom. The molecular weight excluding hydrogens is 283 g/mol. The zero-order valence-corrected chi connectivity index (χ0v) is 11.5. The van der Waals surface area contributed by atoms with E-state index in [4.69, 9.17) is 0 Å². The van der Waals surface area contributed by atoms with Crippen molar-refractivity contribution in [2.75, 3.05) is 5.32 Å². The van der Waals surface area contributed by atoms with Gasteiger partial charge in [0.25, 0.3) is 5.91 Å². The molecule has 0 aliphatic carbocycles. The van der Waals surface area contributed by atoms with E-state index in [1.807, 2.05) is 6.92 Å². The lowest BCUT2D eigenvalue weighted by Gasteiger charge is -2.13. The number of aromatic nitrogens is 2. The van der Waals surface area contributed by atoms with Crippen LogP contribution in [-0.2, 0) is 12.7 Å². The molecule has 1 aromatic heterocycles. The molecule has 2 aromatic rings. The molecule has 112 valence electrons. The summed E-state index contributed by atoms with van der Waals surface area (Å²) in [6, 6.07) is 4.87. The summed E-state index contributed by atoms with van der Waals surface area (Å²) in [6.07, 6.45) is -3.01. The van der Waals surface area contributed by atoms with Gasteiger partial charge in [0, 0.05) is 12.7 Å². The molecule has 0 aliphatic heterocycles. The Kier molecular flexibility index (Phi) is 4.02. The summed E-state index contributed by atoms with van der Waals surface area (Å²) in [5.41, 5.74) is -0.412. The first-order valence-electron chi connectivity index (χ1n) is 6.34. The molecule has 0 fully saturated rings. The van der Waals surface area contributed by atoms with Crippen molar-refractivity contribution in [2.24, 2.45) is 0 Å². The highest BCUT2D eigenvalue weighted by Gasteiger charge is 2.33. The number of rotatable bonds is 3. The number of carbonyl (C=O) groups excluding carboxylic acids is 1. The molecule has 0 bridgehead atoms. The number of anilines is 1. The minimum absolute atomic E-state index is 0.258. The maximum Gasteiger partial charge on any atom is 0.418 e. The van der Waals surface area contributed by atoms with Crippen LogP contribution in [0.3, 0.4) is 0 Å². The lowest BCUT2D eigenvalue weighted by atomic mass is 10.1. The van der Waals surface area contributed by atoms with Gasteiger partial charge in [0.1, 0.15) is 0 Å². The number of nitrogens with zero attached hydrogens (tertiary/aromatic N) is 2. The molecule has 0 atom stereocenters. The average Bonchev–Trinajstić information content (AvgIpc) is 2.79. The van der Waals surface area contributed by atoms with Crippen LogP contribution in [-0.4, -0.2) is 15.7 Å². The third-order valence-electron chi connectivity index (χ3n) is 3.00. The summed E-state index contributed by atoms with van der Waals surface area (Å²) in [5, 5.41) is 6.40. The minimum Gasteiger partial charge on any atom is -0.321 e. The van der Waals surface area contributed by atoms with Gasteiger partial charge in [-0.3, -0.25) is 9.48 Å². The Balaban J connectivity index is 2.30. The van der Waals surface area contributed by atoms with E-state index >= 15 is 0 Å². The number of aryl methyl sites for hydroxylation is 2. The molecule has 0 spiro atoms. The average molecular weight is 297 g/mol. The number of nitrogens with one attached hydrogen (secondary N) is 1. The van der Waals surface area contributed by atoms with Gasteiger partial charge < -0.3 is 5.32 Å². The summed E-state index contributed by atoms with van der Waals surface area (Å²) in [6.45, 7) is 4.07. The number of halogens is 3. The fraction of sp³-hybridized carbons (Fsp3) is 0.286. The number of carbonyl (C=O) groups is 1. The molecule has 2 rings (SSSR count). The number of hydrogen-bond donors (Lipinski definition) is 1. The van der Waals surface area contributed by atoms with E-state index in [0.717, 1.165) is 6.07 Å². The van der Waals surface area contributed by atoms with Gasteiger partial charge >= 0.3 is 6.18 Å². The van der Waals surface area contributed by atoms with Crippen molar-refractivity contribution >= 4 is 11.6 Å². The highest BCUT2D eigenvalue weighted by Crippen LogP contribution is 2.34. The molecular formula is C14H14F3N3O. The van der Waals surface area contributed by atoms with Gasteiger partial charge in [-0.2, -0.15) is 18.3 Å². The van der Waals surface area contributed by atoms with Gasteiger partial charge in [0.2, 0.25) is 0 Å². The summed E-state index contributed by atoms with van der Waals surface area (Å²) >= 11 is 0. The van der Waals surface area contributed by atoms with Crippen LogP contribution in [0.1, 0.15) is 28.5 Å². The number of benzene rings is 1. The Morgan fingerprint density at radius 2 is 2.00 bits per heavy atom. The van der Waals surface area contributed by atoms with Crippen molar-refractivity contribution in [3.8, 4) is 0 Å². The van der Waals surface area contributed by atoms with Gasteiger partial charge in [-0.1, -0.05) is 12.1 Å². The van der Waals surface area contributed by atoms with E-state index in [2.05, 4.69) is 10.4 Å². The van der Waals surface area contributed by atoms with Crippen LogP contribution in [0.2, 0.25) is 0 Å². The van der Waals surface area contributed by atoms with Crippen molar-refractivity contribution in [1.29, 1.82) is 0 Å². The molecule has 4 nitrogen and oxygen atoms in total. The van der Waals surface area contributed by atoms with Gasteiger partial charge in [-0.05, 0) is 26.0 Å². The standard InChI is InChI=1S/C14H14F3N3O/c1-3-20-8-10(9(2)19-20)13(21)18-12-7-5-4-6-11(12)14(15,16)17/h4-8H,3H2,1-2H3,(H,18,21). The van der Waals surface area contributed by atoms with Gasteiger partial charge in [0.15, 0.2) is 0 Å². The van der Waals surface area contributed by atoms with E-state index < -0.39 is 17.6 Å². The second-order valence-electron chi connectivity index (χ2n) is 4.48. The highest BCUT2D eigenvalue weighted by atomic mass is 19.4. The second-order valence-corrected chi connectivity index (χ2v) is 4.48. The van der Waals surface area contributed by atoms with E-state index in [0.29, 0.717) is 12.2 Å². The monoisotopic (exact) mass is 297 g/mol. The molecule has 21 heavy (non-hydrogen) atoms. The Bertz CT molecular complexity index is 662. The molecule has 0 aliphatic rings. The summed E-state index contributed by atoms with van der Waals surface area (Å²) in [5.74, 6) is -0.608. The zero-order valence-electron chi connectivity index (χ0n) is 11.5. The van der Waals surface area contributed by atoms with Crippen LogP contribution < -0.4 is 5.32 Å². The summed E-state index contributed by atoms with van der Waals surface area (Å²) < 4.78 is 40.2.